The highest BCUT2D eigenvalue weighted by molar-refractivity contribution is 5.77. The third kappa shape index (κ3) is 6.34. The summed E-state index contributed by atoms with van der Waals surface area (Å²) in [5, 5.41) is 2.81. The minimum absolute atomic E-state index is 0.0178. The van der Waals surface area contributed by atoms with E-state index in [1.165, 1.54) is 19.3 Å². The molecule has 1 amide bonds. The van der Waals surface area contributed by atoms with Crippen LogP contribution in [0.1, 0.15) is 36.2 Å². The minimum atomic E-state index is -0.178. The van der Waals surface area contributed by atoms with Crippen LogP contribution in [0.25, 0.3) is 0 Å². The molecule has 1 aliphatic rings. The second-order valence-corrected chi connectivity index (χ2v) is 7.42. The van der Waals surface area contributed by atoms with E-state index < -0.39 is 0 Å². The predicted octanol–water partition coefficient (Wildman–Crippen LogP) is 2.97. The van der Waals surface area contributed by atoms with Gasteiger partial charge in [0.15, 0.2) is 6.61 Å². The van der Waals surface area contributed by atoms with E-state index in [1.807, 2.05) is 45.0 Å². The highest BCUT2D eigenvalue weighted by Gasteiger charge is 2.14. The van der Waals surface area contributed by atoms with Crippen LogP contribution in [0.15, 0.2) is 24.3 Å². The average Bonchev–Trinajstić information content (AvgIpc) is 2.72. The van der Waals surface area contributed by atoms with Crippen molar-refractivity contribution in [2.75, 3.05) is 37.7 Å². The van der Waals surface area contributed by atoms with Gasteiger partial charge in [0.2, 0.25) is 5.88 Å². The van der Waals surface area contributed by atoms with Crippen LogP contribution in [0, 0.1) is 20.8 Å². The summed E-state index contributed by atoms with van der Waals surface area (Å²) in [5.41, 5.74) is 2.11. The quantitative estimate of drug-likeness (QED) is 0.689. The van der Waals surface area contributed by atoms with Gasteiger partial charge in [0.1, 0.15) is 24.0 Å². The molecular weight excluding hydrogens is 368 g/mol. The lowest BCUT2D eigenvalue weighted by molar-refractivity contribution is -0.123. The maximum absolute atomic E-state index is 12.0. The van der Waals surface area contributed by atoms with Crippen molar-refractivity contribution in [1.29, 1.82) is 0 Å². The molecule has 7 nitrogen and oxygen atoms in total. The molecule has 0 unspecified atom stereocenters. The van der Waals surface area contributed by atoms with Crippen LogP contribution < -0.4 is 19.7 Å². The fraction of sp³-hybridized carbons (Fsp3) is 0.500. The topological polar surface area (TPSA) is 76.6 Å². The Morgan fingerprint density at radius 1 is 1.07 bits per heavy atom. The maximum Gasteiger partial charge on any atom is 0.258 e. The Labute approximate surface area is 172 Å². The molecule has 1 aromatic carbocycles. The second-order valence-electron chi connectivity index (χ2n) is 7.42. The van der Waals surface area contributed by atoms with Gasteiger partial charge in [0, 0.05) is 19.2 Å². The van der Waals surface area contributed by atoms with Crippen LogP contribution in [0.2, 0.25) is 0 Å². The number of carbonyl (C=O) groups excluding carboxylic acids is 1. The number of aryl methyl sites for hydroxylation is 3. The van der Waals surface area contributed by atoms with Gasteiger partial charge in [-0.3, -0.25) is 4.79 Å². The number of hydrogen-bond acceptors (Lipinski definition) is 6. The predicted molar refractivity (Wildman–Crippen MR) is 113 cm³/mol. The summed E-state index contributed by atoms with van der Waals surface area (Å²) in [6, 6.07) is 7.82. The van der Waals surface area contributed by atoms with Crippen molar-refractivity contribution in [2.45, 2.75) is 40.0 Å². The summed E-state index contributed by atoms with van der Waals surface area (Å²) in [5.74, 6) is 2.70. The Bertz CT molecular complexity index is 835. The standard InChI is InChI=1S/C22H30N4O3/c1-16-7-8-17(2)19(13-16)29-15-21(27)23-9-12-28-22-14-20(24-18(3)25-22)26-10-5-4-6-11-26/h7-8,13-14H,4-6,9-12,15H2,1-3H3,(H,23,27). The number of nitrogens with one attached hydrogen (secondary N) is 1. The molecule has 1 aliphatic heterocycles. The van der Waals surface area contributed by atoms with Crippen molar-refractivity contribution in [3.05, 3.63) is 41.2 Å². The van der Waals surface area contributed by atoms with Gasteiger partial charge in [-0.2, -0.15) is 4.98 Å². The summed E-state index contributed by atoms with van der Waals surface area (Å²) < 4.78 is 11.3. The van der Waals surface area contributed by atoms with E-state index >= 15 is 0 Å². The number of ether oxygens (including phenoxy) is 2. The van der Waals surface area contributed by atoms with Gasteiger partial charge >= 0.3 is 0 Å². The summed E-state index contributed by atoms with van der Waals surface area (Å²) in [6.07, 6.45) is 3.65. The number of anilines is 1. The van der Waals surface area contributed by atoms with Crippen molar-refractivity contribution < 1.29 is 14.3 Å². The third-order valence-electron chi connectivity index (χ3n) is 4.86. The molecular formula is C22H30N4O3. The van der Waals surface area contributed by atoms with E-state index in [1.54, 1.807) is 0 Å². The summed E-state index contributed by atoms with van der Waals surface area (Å²) >= 11 is 0. The van der Waals surface area contributed by atoms with E-state index in [9.17, 15) is 4.79 Å². The SMILES string of the molecule is Cc1ccc(C)c(OCC(=O)NCCOc2cc(N3CCCCC3)nc(C)n2)c1. The van der Waals surface area contributed by atoms with Gasteiger partial charge in [-0.25, -0.2) is 4.98 Å². The van der Waals surface area contributed by atoms with Crippen LogP contribution in [-0.2, 0) is 4.79 Å². The van der Waals surface area contributed by atoms with Crippen molar-refractivity contribution in [1.82, 2.24) is 15.3 Å². The van der Waals surface area contributed by atoms with Crippen LogP contribution in [0.4, 0.5) is 5.82 Å². The lowest BCUT2D eigenvalue weighted by Crippen LogP contribution is -2.32. The van der Waals surface area contributed by atoms with Gasteiger partial charge in [0.05, 0.1) is 6.54 Å². The fourth-order valence-corrected chi connectivity index (χ4v) is 3.29. The first kappa shape index (κ1) is 20.9. The zero-order valence-corrected chi connectivity index (χ0v) is 17.5. The molecule has 0 bridgehead atoms. The Balaban J connectivity index is 1.42. The normalized spacial score (nSPS) is 13.8. The summed E-state index contributed by atoms with van der Waals surface area (Å²) in [6.45, 7) is 8.57. The maximum atomic E-state index is 12.0. The number of piperidine rings is 1. The lowest BCUT2D eigenvalue weighted by Gasteiger charge is -2.28. The van der Waals surface area contributed by atoms with Crippen molar-refractivity contribution >= 4 is 11.7 Å². The number of amides is 1. The molecule has 0 aliphatic carbocycles. The first-order chi connectivity index (χ1) is 14.0. The molecule has 0 spiro atoms. The number of benzene rings is 1. The Kier molecular flexibility index (Phi) is 7.27. The largest absolute Gasteiger partial charge is 0.483 e. The number of hydrogen-bond donors (Lipinski definition) is 1. The van der Waals surface area contributed by atoms with Crippen LogP contribution in [0.5, 0.6) is 11.6 Å². The van der Waals surface area contributed by atoms with E-state index in [4.69, 9.17) is 9.47 Å². The Hall–Kier alpha value is -2.83. The lowest BCUT2D eigenvalue weighted by atomic mass is 10.1. The Morgan fingerprint density at radius 2 is 1.86 bits per heavy atom. The number of nitrogens with zero attached hydrogens (tertiary/aromatic N) is 3. The van der Waals surface area contributed by atoms with Gasteiger partial charge in [0.25, 0.3) is 5.91 Å². The third-order valence-corrected chi connectivity index (χ3v) is 4.86. The molecule has 2 aromatic rings. The molecule has 29 heavy (non-hydrogen) atoms. The first-order valence-electron chi connectivity index (χ1n) is 10.2. The molecule has 156 valence electrons. The van der Waals surface area contributed by atoms with E-state index in [0.29, 0.717) is 24.9 Å². The van der Waals surface area contributed by atoms with E-state index in [2.05, 4.69) is 20.2 Å². The van der Waals surface area contributed by atoms with Crippen LogP contribution >= 0.6 is 0 Å². The molecule has 1 saturated heterocycles. The highest BCUT2D eigenvalue weighted by atomic mass is 16.5. The van der Waals surface area contributed by atoms with Crippen molar-refractivity contribution in [3.8, 4) is 11.6 Å². The Morgan fingerprint density at radius 3 is 2.66 bits per heavy atom. The molecule has 7 heteroatoms. The first-order valence-corrected chi connectivity index (χ1v) is 10.2. The molecule has 0 radical (unpaired) electrons. The van der Waals surface area contributed by atoms with Crippen molar-refractivity contribution in [2.24, 2.45) is 0 Å². The highest BCUT2D eigenvalue weighted by Crippen LogP contribution is 2.21. The molecule has 1 N–H and O–H groups in total. The molecule has 0 atom stereocenters. The van der Waals surface area contributed by atoms with Gasteiger partial charge in [-0.15, -0.1) is 0 Å². The minimum Gasteiger partial charge on any atom is -0.483 e. The monoisotopic (exact) mass is 398 g/mol. The molecule has 2 heterocycles. The summed E-state index contributed by atoms with van der Waals surface area (Å²) in [7, 11) is 0. The van der Waals surface area contributed by atoms with E-state index in [-0.39, 0.29) is 12.5 Å². The zero-order chi connectivity index (χ0) is 20.6. The average molecular weight is 399 g/mol. The molecule has 3 rings (SSSR count). The van der Waals surface area contributed by atoms with Crippen LogP contribution in [0.3, 0.4) is 0 Å². The number of rotatable bonds is 8. The van der Waals surface area contributed by atoms with E-state index in [0.717, 1.165) is 35.8 Å². The van der Waals surface area contributed by atoms with Gasteiger partial charge in [-0.1, -0.05) is 12.1 Å². The number of carbonyl (C=O) groups is 1. The van der Waals surface area contributed by atoms with Crippen molar-refractivity contribution in [3.63, 3.8) is 0 Å². The van der Waals surface area contributed by atoms with Crippen LogP contribution in [-0.4, -0.2) is 48.7 Å². The molecule has 1 fully saturated rings. The fourth-order valence-electron chi connectivity index (χ4n) is 3.29. The molecule has 1 aromatic heterocycles. The second kappa shape index (κ2) is 10.1. The van der Waals surface area contributed by atoms with Gasteiger partial charge < -0.3 is 19.7 Å². The van der Waals surface area contributed by atoms with Gasteiger partial charge in [-0.05, 0) is 57.2 Å². The smallest absolute Gasteiger partial charge is 0.258 e. The number of aromatic nitrogens is 2. The molecule has 0 saturated carbocycles. The summed E-state index contributed by atoms with van der Waals surface area (Å²) in [4.78, 5) is 23.2. The zero-order valence-electron chi connectivity index (χ0n) is 17.5.